The minimum absolute atomic E-state index is 0.454. The van der Waals surface area contributed by atoms with Gasteiger partial charge >= 0.3 is 0 Å². The molecule has 3 heteroatoms. The molecule has 11 aromatic rings. The van der Waals surface area contributed by atoms with E-state index in [9.17, 15) is 0 Å². The van der Waals surface area contributed by atoms with Crippen molar-refractivity contribution in [1.29, 1.82) is 0 Å². The van der Waals surface area contributed by atoms with Crippen LogP contribution in [0.5, 0.6) is 0 Å². The molecule has 0 radical (unpaired) electrons. The highest BCUT2D eigenvalue weighted by molar-refractivity contribution is 5.97. The first kappa shape index (κ1) is 40.1. The van der Waals surface area contributed by atoms with E-state index >= 15 is 0 Å². The van der Waals surface area contributed by atoms with Crippen LogP contribution < -0.4 is 0 Å². The maximum absolute atomic E-state index is 7.95. The van der Waals surface area contributed by atoms with Gasteiger partial charge in [0, 0.05) is 16.7 Å². The predicted molar refractivity (Wildman–Crippen MR) is 283 cm³/mol. The molecular formula is C66H41N3. The van der Waals surface area contributed by atoms with Crippen LogP contribution >= 0.6 is 0 Å². The first-order chi connectivity index (χ1) is 34.1. The van der Waals surface area contributed by atoms with E-state index in [1.165, 1.54) is 38.9 Å². The topological polar surface area (TPSA) is 30.1 Å². The molecule has 0 atom stereocenters. The van der Waals surface area contributed by atoms with Crippen molar-refractivity contribution in [2.45, 2.75) is 5.41 Å². The number of hydrogen-bond acceptors (Lipinski definition) is 2. The summed E-state index contributed by atoms with van der Waals surface area (Å²) >= 11 is 0. The van der Waals surface area contributed by atoms with Crippen molar-refractivity contribution in [3.63, 3.8) is 0 Å². The van der Waals surface area contributed by atoms with Crippen LogP contribution in [0.25, 0.3) is 106 Å². The fourth-order valence-corrected chi connectivity index (χ4v) is 10.9. The normalized spacial score (nSPS) is 12.4. The molecule has 3 nitrogen and oxygen atoms in total. The van der Waals surface area contributed by atoms with Crippen LogP contribution in [0.4, 0.5) is 5.69 Å². The second-order valence-corrected chi connectivity index (χ2v) is 18.0. The van der Waals surface area contributed by atoms with Crippen molar-refractivity contribution in [3.05, 3.63) is 282 Å². The highest BCUT2D eigenvalue weighted by Gasteiger charge is 2.51. The molecule has 0 unspecified atom stereocenters. The average molecular weight is 876 g/mol. The molecule has 1 spiro atoms. The Morgan fingerprint density at radius 3 is 1.29 bits per heavy atom. The second-order valence-electron chi connectivity index (χ2n) is 18.0. The molecule has 1 heterocycles. The van der Waals surface area contributed by atoms with Gasteiger partial charge in [0.15, 0.2) is 11.5 Å². The van der Waals surface area contributed by atoms with E-state index in [1.54, 1.807) is 0 Å². The van der Waals surface area contributed by atoms with Crippen molar-refractivity contribution in [3.8, 4) is 101 Å². The first-order valence-corrected chi connectivity index (χ1v) is 23.4. The third-order valence-corrected chi connectivity index (χ3v) is 14.1. The summed E-state index contributed by atoms with van der Waals surface area (Å²) in [5, 5.41) is 0. The van der Waals surface area contributed by atoms with Crippen LogP contribution in [-0.2, 0) is 5.41 Å². The Balaban J connectivity index is 0.882. The van der Waals surface area contributed by atoms with Gasteiger partial charge in [-0.2, -0.15) is 0 Å². The van der Waals surface area contributed by atoms with E-state index in [2.05, 4.69) is 229 Å². The Morgan fingerprint density at radius 2 is 0.681 bits per heavy atom. The third-order valence-electron chi connectivity index (χ3n) is 14.1. The van der Waals surface area contributed by atoms with Crippen LogP contribution in [0, 0.1) is 6.57 Å². The lowest BCUT2D eigenvalue weighted by Gasteiger charge is -2.30. The zero-order valence-corrected chi connectivity index (χ0v) is 37.5. The molecule has 13 rings (SSSR count). The monoisotopic (exact) mass is 875 g/mol. The van der Waals surface area contributed by atoms with Gasteiger partial charge in [-0.1, -0.05) is 206 Å². The van der Waals surface area contributed by atoms with Crippen molar-refractivity contribution >= 4 is 5.69 Å². The number of fused-ring (bicyclic) bond motifs is 10. The van der Waals surface area contributed by atoms with E-state index in [4.69, 9.17) is 16.5 Å². The van der Waals surface area contributed by atoms with Crippen LogP contribution in [0.1, 0.15) is 22.3 Å². The minimum atomic E-state index is -0.454. The Kier molecular flexibility index (Phi) is 9.45. The fourth-order valence-electron chi connectivity index (χ4n) is 10.9. The van der Waals surface area contributed by atoms with Gasteiger partial charge < -0.3 is 0 Å². The summed E-state index contributed by atoms with van der Waals surface area (Å²) < 4.78 is 0. The Bertz CT molecular complexity index is 3730. The summed E-state index contributed by atoms with van der Waals surface area (Å²) in [6.45, 7) is 7.95. The molecule has 0 amide bonds. The summed E-state index contributed by atoms with van der Waals surface area (Å²) in [7, 11) is 0. The summed E-state index contributed by atoms with van der Waals surface area (Å²) in [6, 6.07) is 88.7. The molecule has 320 valence electrons. The molecule has 10 aromatic carbocycles. The van der Waals surface area contributed by atoms with Gasteiger partial charge in [-0.3, -0.25) is 0 Å². The first-order valence-electron chi connectivity index (χ1n) is 23.4. The lowest BCUT2D eigenvalue weighted by molar-refractivity contribution is 0.794. The van der Waals surface area contributed by atoms with E-state index in [-0.39, 0.29) is 0 Å². The van der Waals surface area contributed by atoms with E-state index in [0.29, 0.717) is 11.5 Å². The molecule has 1 aromatic heterocycles. The maximum Gasteiger partial charge on any atom is 0.187 e. The van der Waals surface area contributed by atoms with Gasteiger partial charge in [-0.15, -0.1) is 0 Å². The van der Waals surface area contributed by atoms with Gasteiger partial charge in [0.2, 0.25) is 0 Å². The summed E-state index contributed by atoms with van der Waals surface area (Å²) in [5.74, 6) is 0.681. The van der Waals surface area contributed by atoms with E-state index in [0.717, 1.165) is 78.1 Å². The van der Waals surface area contributed by atoms with Crippen LogP contribution in [-0.4, -0.2) is 9.97 Å². The van der Waals surface area contributed by atoms with Crippen LogP contribution in [0.15, 0.2) is 249 Å². The SMILES string of the molecule is [C-]#[N+]c1ccc2c(c1)-c1cc(-c3cccc(-c4ccc(-c5cc(-c6cc(-c7ccccc7)cc(-c7ccccc7)c6)nc(-c6ccccc6)n5)cc4)c3)ccc1C21c2ccccc2-c2ccccc21. The summed E-state index contributed by atoms with van der Waals surface area (Å²) in [6.07, 6.45) is 0. The molecule has 0 bridgehead atoms. The molecule has 0 N–H and O–H groups in total. The molecule has 2 aliphatic carbocycles. The molecule has 0 saturated carbocycles. The fraction of sp³-hybridized carbons (Fsp3) is 0.0152. The largest absolute Gasteiger partial charge is 0.238 e. The molecule has 0 aliphatic heterocycles. The standard InChI is InChI=1S/C66H41N3/c1-67-54-33-35-62-58(41-54)57-40-50(32-34-61(57)66(62)59-26-13-11-24-55(59)56-25-12-14-27-60(56)66)49-23-15-22-48(36-49)45-28-30-46(31-29-45)63-42-64(69-65(68-63)47-20-9-4-10-21-47)53-38-51(43-16-5-2-6-17-43)37-52(39-53)44-18-7-3-8-19-44/h2-42H. The van der Waals surface area contributed by atoms with Crippen molar-refractivity contribution in [2.24, 2.45) is 0 Å². The number of nitrogens with zero attached hydrogens (tertiary/aromatic N) is 3. The van der Waals surface area contributed by atoms with Crippen molar-refractivity contribution in [1.82, 2.24) is 9.97 Å². The smallest absolute Gasteiger partial charge is 0.187 e. The molecule has 0 fully saturated rings. The molecular weight excluding hydrogens is 835 g/mol. The highest BCUT2D eigenvalue weighted by Crippen LogP contribution is 2.63. The molecule has 2 aliphatic rings. The number of hydrogen-bond donors (Lipinski definition) is 0. The van der Waals surface area contributed by atoms with Gasteiger partial charge in [0.05, 0.1) is 23.4 Å². The highest BCUT2D eigenvalue weighted by atomic mass is 14.9. The van der Waals surface area contributed by atoms with Crippen molar-refractivity contribution in [2.75, 3.05) is 0 Å². The summed E-state index contributed by atoms with van der Waals surface area (Å²) in [4.78, 5) is 14.3. The van der Waals surface area contributed by atoms with E-state index < -0.39 is 5.41 Å². The molecule has 69 heavy (non-hydrogen) atoms. The van der Waals surface area contributed by atoms with Crippen molar-refractivity contribution < 1.29 is 0 Å². The number of benzene rings is 10. The van der Waals surface area contributed by atoms with Gasteiger partial charge in [-0.25, -0.2) is 14.8 Å². The van der Waals surface area contributed by atoms with E-state index in [1.807, 2.05) is 24.3 Å². The van der Waals surface area contributed by atoms with Crippen LogP contribution in [0.2, 0.25) is 0 Å². The average Bonchev–Trinajstić information content (AvgIpc) is 3.90. The third kappa shape index (κ3) is 6.65. The number of aromatic nitrogens is 2. The summed E-state index contributed by atoms with van der Waals surface area (Å²) in [5.41, 5.74) is 23.9. The predicted octanol–water partition coefficient (Wildman–Crippen LogP) is 17.0. The van der Waals surface area contributed by atoms with Gasteiger partial charge in [0.25, 0.3) is 0 Å². The van der Waals surface area contributed by atoms with Gasteiger partial charge in [-0.05, 0) is 131 Å². The zero-order chi connectivity index (χ0) is 45.9. The molecule has 0 saturated heterocycles. The van der Waals surface area contributed by atoms with Crippen LogP contribution in [0.3, 0.4) is 0 Å². The van der Waals surface area contributed by atoms with Gasteiger partial charge in [0.1, 0.15) is 0 Å². The lowest BCUT2D eigenvalue weighted by atomic mass is 9.70. The Morgan fingerprint density at radius 1 is 0.275 bits per heavy atom. The number of rotatable bonds is 7. The Hall–Kier alpha value is -9.23. The second kappa shape index (κ2) is 16.3. The Labute approximate surface area is 402 Å². The maximum atomic E-state index is 7.95. The zero-order valence-electron chi connectivity index (χ0n) is 37.5. The lowest BCUT2D eigenvalue weighted by Crippen LogP contribution is -2.25. The quantitative estimate of drug-likeness (QED) is 0.149. The minimum Gasteiger partial charge on any atom is -0.238 e.